The molecule has 0 aromatic rings. The number of rotatable bonds is 3. The summed E-state index contributed by atoms with van der Waals surface area (Å²) in [5.74, 6) is -0.925. The highest BCUT2D eigenvalue weighted by molar-refractivity contribution is 5.83. The molecule has 6 nitrogen and oxygen atoms in total. The van der Waals surface area contributed by atoms with Crippen molar-refractivity contribution in [2.45, 2.75) is 44.2 Å². The number of amides is 2. The van der Waals surface area contributed by atoms with E-state index in [0.717, 1.165) is 25.9 Å². The van der Waals surface area contributed by atoms with Gasteiger partial charge < -0.3 is 20.1 Å². The van der Waals surface area contributed by atoms with E-state index in [2.05, 4.69) is 5.32 Å². The Hall–Kier alpha value is -1.30. The van der Waals surface area contributed by atoms with E-state index >= 15 is 0 Å². The van der Waals surface area contributed by atoms with Gasteiger partial charge in [0.2, 0.25) is 0 Å². The summed E-state index contributed by atoms with van der Waals surface area (Å²) in [6, 6.07) is -0.973. The third kappa shape index (κ3) is 2.75. The van der Waals surface area contributed by atoms with E-state index in [-0.39, 0.29) is 11.6 Å². The fourth-order valence-corrected chi connectivity index (χ4v) is 2.61. The Kier molecular flexibility index (Phi) is 3.75. The van der Waals surface area contributed by atoms with Crippen LogP contribution in [0.2, 0.25) is 0 Å². The first-order valence-electron chi connectivity index (χ1n) is 6.43. The molecule has 0 aliphatic carbocycles. The van der Waals surface area contributed by atoms with Crippen molar-refractivity contribution >= 4 is 12.0 Å². The zero-order valence-corrected chi connectivity index (χ0v) is 10.6. The topological polar surface area (TPSA) is 78.9 Å². The van der Waals surface area contributed by atoms with Gasteiger partial charge in [0.25, 0.3) is 0 Å². The molecule has 0 aromatic carbocycles. The maximum Gasteiger partial charge on any atom is 0.326 e. The molecule has 2 atom stereocenters. The minimum Gasteiger partial charge on any atom is -0.480 e. The Bertz CT molecular complexity index is 339. The lowest BCUT2D eigenvalue weighted by molar-refractivity contribution is -0.141. The first kappa shape index (κ1) is 13.1. The molecular weight excluding hydrogens is 236 g/mol. The molecule has 2 amide bonds. The van der Waals surface area contributed by atoms with Gasteiger partial charge in [-0.3, -0.25) is 0 Å². The number of urea groups is 1. The van der Waals surface area contributed by atoms with E-state index in [1.54, 1.807) is 0 Å². The molecule has 102 valence electrons. The maximum absolute atomic E-state index is 12.0. The molecule has 2 rings (SSSR count). The van der Waals surface area contributed by atoms with Crippen molar-refractivity contribution in [1.29, 1.82) is 0 Å². The summed E-state index contributed by atoms with van der Waals surface area (Å²) in [7, 11) is 0. The van der Waals surface area contributed by atoms with Crippen LogP contribution in [0.4, 0.5) is 4.79 Å². The summed E-state index contributed by atoms with van der Waals surface area (Å²) < 4.78 is 5.58. The standard InChI is InChI=1S/C12H20N2O4/c1-12(5-3-7-18-12)8-13-11(17)14-6-2-4-9(14)10(15)16/h9H,2-8H2,1H3,(H,13,17)(H,15,16)/t9-,12?/m0/s1. The van der Waals surface area contributed by atoms with E-state index in [1.807, 2.05) is 6.92 Å². The molecule has 2 aliphatic heterocycles. The quantitative estimate of drug-likeness (QED) is 0.783. The molecule has 2 aliphatic rings. The summed E-state index contributed by atoms with van der Waals surface area (Å²) in [6.45, 7) is 3.65. The van der Waals surface area contributed by atoms with Crippen LogP contribution in [0.1, 0.15) is 32.6 Å². The molecule has 0 radical (unpaired) electrons. The molecular formula is C12H20N2O4. The second-order valence-corrected chi connectivity index (χ2v) is 5.25. The minimum absolute atomic E-state index is 0.295. The predicted molar refractivity (Wildman–Crippen MR) is 64.4 cm³/mol. The number of hydrogen-bond acceptors (Lipinski definition) is 3. The Balaban J connectivity index is 1.86. The van der Waals surface area contributed by atoms with Crippen molar-refractivity contribution in [3.8, 4) is 0 Å². The van der Waals surface area contributed by atoms with Crippen molar-refractivity contribution in [3.63, 3.8) is 0 Å². The summed E-state index contributed by atoms with van der Waals surface area (Å²) in [6.07, 6.45) is 3.22. The van der Waals surface area contributed by atoms with Gasteiger partial charge in [-0.15, -0.1) is 0 Å². The molecule has 0 spiro atoms. The van der Waals surface area contributed by atoms with Crippen LogP contribution < -0.4 is 5.32 Å². The van der Waals surface area contributed by atoms with Gasteiger partial charge in [0.15, 0.2) is 0 Å². The highest BCUT2D eigenvalue weighted by atomic mass is 16.5. The number of nitrogens with one attached hydrogen (secondary N) is 1. The van der Waals surface area contributed by atoms with Gasteiger partial charge in [0.05, 0.1) is 5.60 Å². The Morgan fingerprint density at radius 2 is 2.28 bits per heavy atom. The Morgan fingerprint density at radius 3 is 2.89 bits per heavy atom. The van der Waals surface area contributed by atoms with Crippen molar-refractivity contribution in [1.82, 2.24) is 10.2 Å². The molecule has 2 N–H and O–H groups in total. The average molecular weight is 256 g/mol. The van der Waals surface area contributed by atoms with Crippen molar-refractivity contribution in [2.75, 3.05) is 19.7 Å². The molecule has 0 saturated carbocycles. The Labute approximate surface area is 106 Å². The highest BCUT2D eigenvalue weighted by Crippen LogP contribution is 2.24. The van der Waals surface area contributed by atoms with Crippen molar-refractivity contribution < 1.29 is 19.4 Å². The van der Waals surface area contributed by atoms with E-state index < -0.39 is 12.0 Å². The first-order valence-corrected chi connectivity index (χ1v) is 6.43. The van der Waals surface area contributed by atoms with Gasteiger partial charge >= 0.3 is 12.0 Å². The Morgan fingerprint density at radius 1 is 1.50 bits per heavy atom. The molecule has 2 saturated heterocycles. The molecule has 6 heteroatoms. The number of nitrogens with zero attached hydrogens (tertiary/aromatic N) is 1. The van der Waals surface area contributed by atoms with Gasteiger partial charge in [0, 0.05) is 19.7 Å². The fraction of sp³-hybridized carbons (Fsp3) is 0.833. The number of aliphatic carboxylic acids is 1. The maximum atomic E-state index is 12.0. The summed E-state index contributed by atoms with van der Waals surface area (Å²) in [4.78, 5) is 24.4. The fourth-order valence-electron chi connectivity index (χ4n) is 2.61. The minimum atomic E-state index is -0.925. The van der Waals surface area contributed by atoms with E-state index in [4.69, 9.17) is 9.84 Å². The number of carbonyl (C=O) groups excluding carboxylic acids is 1. The van der Waals surface area contributed by atoms with Gasteiger partial charge in [-0.2, -0.15) is 0 Å². The van der Waals surface area contributed by atoms with Gasteiger partial charge in [-0.05, 0) is 32.6 Å². The number of ether oxygens (including phenoxy) is 1. The lowest BCUT2D eigenvalue weighted by Crippen LogP contribution is -2.49. The lowest BCUT2D eigenvalue weighted by Gasteiger charge is -2.27. The number of likely N-dealkylation sites (tertiary alicyclic amines) is 1. The van der Waals surface area contributed by atoms with Gasteiger partial charge in [0.1, 0.15) is 6.04 Å². The highest BCUT2D eigenvalue weighted by Gasteiger charge is 2.36. The van der Waals surface area contributed by atoms with Crippen LogP contribution in [0.3, 0.4) is 0 Å². The first-order chi connectivity index (χ1) is 8.52. The van der Waals surface area contributed by atoms with Crippen LogP contribution in [0.25, 0.3) is 0 Å². The van der Waals surface area contributed by atoms with Crippen LogP contribution in [-0.2, 0) is 9.53 Å². The number of carbonyl (C=O) groups is 2. The zero-order chi connectivity index (χ0) is 13.2. The normalized spacial score (nSPS) is 31.6. The SMILES string of the molecule is CC1(CNC(=O)N2CCC[C@H]2C(=O)O)CCCO1. The van der Waals surface area contributed by atoms with E-state index in [0.29, 0.717) is 19.5 Å². The third-order valence-electron chi connectivity index (χ3n) is 3.71. The third-order valence-corrected chi connectivity index (χ3v) is 3.71. The smallest absolute Gasteiger partial charge is 0.326 e. The average Bonchev–Trinajstić information content (AvgIpc) is 2.95. The van der Waals surface area contributed by atoms with Crippen LogP contribution in [-0.4, -0.2) is 53.3 Å². The zero-order valence-electron chi connectivity index (χ0n) is 10.6. The van der Waals surface area contributed by atoms with Gasteiger partial charge in [-0.25, -0.2) is 9.59 Å². The largest absolute Gasteiger partial charge is 0.480 e. The molecule has 1 unspecified atom stereocenters. The van der Waals surface area contributed by atoms with Crippen LogP contribution >= 0.6 is 0 Å². The molecule has 18 heavy (non-hydrogen) atoms. The number of carboxylic acids is 1. The second kappa shape index (κ2) is 5.14. The predicted octanol–water partition coefficient (Wildman–Crippen LogP) is 0.814. The molecule has 2 heterocycles. The van der Waals surface area contributed by atoms with Crippen LogP contribution in [0.15, 0.2) is 0 Å². The van der Waals surface area contributed by atoms with Crippen LogP contribution in [0.5, 0.6) is 0 Å². The molecule has 0 aromatic heterocycles. The van der Waals surface area contributed by atoms with Crippen molar-refractivity contribution in [3.05, 3.63) is 0 Å². The van der Waals surface area contributed by atoms with E-state index in [9.17, 15) is 9.59 Å². The number of carboxylic acid groups (broad SMARTS) is 1. The van der Waals surface area contributed by atoms with E-state index in [1.165, 1.54) is 4.90 Å². The summed E-state index contributed by atoms with van der Waals surface area (Å²) in [5, 5.41) is 11.8. The van der Waals surface area contributed by atoms with Crippen LogP contribution in [0, 0.1) is 0 Å². The molecule has 2 fully saturated rings. The summed E-state index contributed by atoms with van der Waals surface area (Å²) in [5.41, 5.74) is -0.298. The monoisotopic (exact) mass is 256 g/mol. The number of hydrogen-bond donors (Lipinski definition) is 2. The van der Waals surface area contributed by atoms with Gasteiger partial charge in [-0.1, -0.05) is 0 Å². The lowest BCUT2D eigenvalue weighted by atomic mass is 10.0. The van der Waals surface area contributed by atoms with Crippen molar-refractivity contribution in [2.24, 2.45) is 0 Å². The summed E-state index contributed by atoms with van der Waals surface area (Å²) >= 11 is 0. The second-order valence-electron chi connectivity index (χ2n) is 5.25. The molecule has 0 bridgehead atoms.